The molecule has 2 heterocycles. The van der Waals surface area contributed by atoms with Gasteiger partial charge in [-0.25, -0.2) is 9.67 Å². The summed E-state index contributed by atoms with van der Waals surface area (Å²) >= 11 is 12.0. The second kappa shape index (κ2) is 7.87. The molecule has 0 amide bonds. The molecule has 7 nitrogen and oxygen atoms in total. The van der Waals surface area contributed by atoms with E-state index in [1.165, 1.54) is 6.33 Å². The van der Waals surface area contributed by atoms with Gasteiger partial charge in [-0.2, -0.15) is 5.10 Å². The summed E-state index contributed by atoms with van der Waals surface area (Å²) in [5.74, 6) is 0.734. The maximum Gasteiger partial charge on any atom is 0.145 e. The van der Waals surface area contributed by atoms with Gasteiger partial charge < -0.3 is 0 Å². The van der Waals surface area contributed by atoms with Crippen LogP contribution in [0.3, 0.4) is 0 Å². The van der Waals surface area contributed by atoms with Gasteiger partial charge in [0.25, 0.3) is 0 Å². The van der Waals surface area contributed by atoms with E-state index < -0.39 is 0 Å². The number of benzene rings is 2. The van der Waals surface area contributed by atoms with Crippen LogP contribution < -0.4 is 5.32 Å². The molecule has 27 heavy (non-hydrogen) atoms. The Labute approximate surface area is 165 Å². The van der Waals surface area contributed by atoms with Crippen molar-refractivity contribution in [2.75, 3.05) is 0 Å². The van der Waals surface area contributed by atoms with Gasteiger partial charge in [-0.05, 0) is 23.8 Å². The molecule has 0 radical (unpaired) electrons. The monoisotopic (exact) mass is 399 g/mol. The molecule has 0 fully saturated rings. The SMILES string of the molecule is Clc1ccc(-n2cc(CNC(c3ccccc3)c3ncn[nH]3)nn2)cc1Cl. The van der Waals surface area contributed by atoms with Crippen molar-refractivity contribution in [1.29, 1.82) is 0 Å². The lowest BCUT2D eigenvalue weighted by atomic mass is 10.1. The minimum Gasteiger partial charge on any atom is -0.298 e. The average Bonchev–Trinajstić information content (AvgIpc) is 3.37. The molecule has 2 aromatic carbocycles. The summed E-state index contributed by atoms with van der Waals surface area (Å²) in [6, 6.07) is 15.2. The predicted octanol–water partition coefficient (Wildman–Crippen LogP) is 3.57. The molecule has 0 aliphatic heterocycles. The van der Waals surface area contributed by atoms with E-state index in [-0.39, 0.29) is 6.04 Å². The molecule has 4 aromatic rings. The zero-order valence-electron chi connectivity index (χ0n) is 14.0. The maximum absolute atomic E-state index is 6.08. The van der Waals surface area contributed by atoms with Crippen molar-refractivity contribution in [3.8, 4) is 5.69 Å². The van der Waals surface area contributed by atoms with Crippen molar-refractivity contribution in [2.45, 2.75) is 12.6 Å². The first-order valence-electron chi connectivity index (χ1n) is 8.21. The first-order valence-corrected chi connectivity index (χ1v) is 8.96. The molecule has 0 saturated heterocycles. The second-order valence-corrected chi connectivity index (χ2v) is 6.66. The van der Waals surface area contributed by atoms with Crippen LogP contribution in [0.25, 0.3) is 5.69 Å². The summed E-state index contributed by atoms with van der Waals surface area (Å²) in [5, 5.41) is 19.7. The summed E-state index contributed by atoms with van der Waals surface area (Å²) in [6.07, 6.45) is 3.34. The Morgan fingerprint density at radius 2 is 1.93 bits per heavy atom. The third-order valence-corrected chi connectivity index (χ3v) is 4.77. The maximum atomic E-state index is 6.08. The van der Waals surface area contributed by atoms with Crippen LogP contribution >= 0.6 is 23.2 Å². The highest BCUT2D eigenvalue weighted by Gasteiger charge is 2.17. The highest BCUT2D eigenvalue weighted by Crippen LogP contribution is 2.24. The number of hydrogen-bond acceptors (Lipinski definition) is 5. The van der Waals surface area contributed by atoms with Crippen molar-refractivity contribution < 1.29 is 0 Å². The molecule has 136 valence electrons. The average molecular weight is 400 g/mol. The Morgan fingerprint density at radius 3 is 2.67 bits per heavy atom. The molecular weight excluding hydrogens is 385 g/mol. The minimum atomic E-state index is -0.135. The number of nitrogens with zero attached hydrogens (tertiary/aromatic N) is 5. The van der Waals surface area contributed by atoms with Gasteiger partial charge in [0.05, 0.1) is 33.7 Å². The third kappa shape index (κ3) is 4.00. The van der Waals surface area contributed by atoms with E-state index in [1.54, 1.807) is 16.8 Å². The summed E-state index contributed by atoms with van der Waals surface area (Å²) in [4.78, 5) is 4.28. The number of aromatic nitrogens is 6. The van der Waals surface area contributed by atoms with E-state index >= 15 is 0 Å². The van der Waals surface area contributed by atoms with Crippen LogP contribution in [0.15, 0.2) is 61.1 Å². The van der Waals surface area contributed by atoms with Crippen molar-refractivity contribution in [2.24, 2.45) is 0 Å². The van der Waals surface area contributed by atoms with Crippen molar-refractivity contribution in [3.63, 3.8) is 0 Å². The Balaban J connectivity index is 1.52. The van der Waals surface area contributed by atoms with Gasteiger partial charge >= 0.3 is 0 Å². The largest absolute Gasteiger partial charge is 0.298 e. The van der Waals surface area contributed by atoms with E-state index in [4.69, 9.17) is 23.2 Å². The summed E-state index contributed by atoms with van der Waals surface area (Å²) in [5.41, 5.74) is 2.64. The lowest BCUT2D eigenvalue weighted by Crippen LogP contribution is -2.23. The fourth-order valence-electron chi connectivity index (χ4n) is 2.71. The van der Waals surface area contributed by atoms with Gasteiger partial charge in [-0.3, -0.25) is 10.4 Å². The van der Waals surface area contributed by atoms with Crippen molar-refractivity contribution in [3.05, 3.63) is 88.2 Å². The van der Waals surface area contributed by atoms with Gasteiger partial charge in [-0.15, -0.1) is 5.10 Å². The van der Waals surface area contributed by atoms with Crippen LogP contribution in [-0.2, 0) is 6.54 Å². The van der Waals surface area contributed by atoms with E-state index in [2.05, 4.69) is 30.8 Å². The van der Waals surface area contributed by atoms with Gasteiger partial charge in [0, 0.05) is 6.54 Å². The smallest absolute Gasteiger partial charge is 0.145 e. The zero-order valence-corrected chi connectivity index (χ0v) is 15.6. The first kappa shape index (κ1) is 17.7. The predicted molar refractivity (Wildman–Crippen MR) is 103 cm³/mol. The quantitative estimate of drug-likeness (QED) is 0.517. The molecule has 0 spiro atoms. The molecule has 1 atom stereocenters. The lowest BCUT2D eigenvalue weighted by Gasteiger charge is -2.15. The summed E-state index contributed by atoms with van der Waals surface area (Å²) in [7, 11) is 0. The zero-order chi connectivity index (χ0) is 18.6. The Bertz CT molecular complexity index is 1020. The molecule has 2 aromatic heterocycles. The molecule has 1 unspecified atom stereocenters. The van der Waals surface area contributed by atoms with Crippen LogP contribution in [0, 0.1) is 0 Å². The fraction of sp³-hybridized carbons (Fsp3) is 0.111. The number of halogens is 2. The van der Waals surface area contributed by atoms with Crippen molar-refractivity contribution >= 4 is 23.2 Å². The van der Waals surface area contributed by atoms with Crippen LogP contribution in [0.5, 0.6) is 0 Å². The van der Waals surface area contributed by atoms with E-state index in [0.29, 0.717) is 16.6 Å². The van der Waals surface area contributed by atoms with Crippen molar-refractivity contribution in [1.82, 2.24) is 35.5 Å². The van der Waals surface area contributed by atoms with Crippen LogP contribution in [0.1, 0.15) is 23.1 Å². The van der Waals surface area contributed by atoms with E-state index in [0.717, 1.165) is 22.8 Å². The summed E-state index contributed by atoms with van der Waals surface area (Å²) < 4.78 is 1.66. The number of aromatic amines is 1. The standard InChI is InChI=1S/C18H15Cl2N7/c19-15-7-6-14(8-16(15)20)27-10-13(24-26-27)9-21-17(18-22-11-23-25-18)12-4-2-1-3-5-12/h1-8,10-11,17,21H,9H2,(H,22,23,25). The lowest BCUT2D eigenvalue weighted by molar-refractivity contribution is 0.570. The van der Waals surface area contributed by atoms with Gasteiger partial charge in [0.2, 0.25) is 0 Å². The molecule has 0 aliphatic rings. The normalized spacial score (nSPS) is 12.2. The van der Waals surface area contributed by atoms with E-state index in [9.17, 15) is 0 Å². The topological polar surface area (TPSA) is 84.3 Å². The molecule has 0 saturated carbocycles. The molecular formula is C18H15Cl2N7. The van der Waals surface area contributed by atoms with Crippen LogP contribution in [0.4, 0.5) is 0 Å². The molecule has 9 heteroatoms. The molecule has 4 rings (SSSR count). The fourth-order valence-corrected chi connectivity index (χ4v) is 3.00. The minimum absolute atomic E-state index is 0.135. The number of hydrogen-bond donors (Lipinski definition) is 2. The van der Waals surface area contributed by atoms with E-state index in [1.807, 2.05) is 42.6 Å². The van der Waals surface area contributed by atoms with Crippen LogP contribution in [0.2, 0.25) is 10.0 Å². The molecule has 0 aliphatic carbocycles. The van der Waals surface area contributed by atoms with Gasteiger partial charge in [-0.1, -0.05) is 58.7 Å². The highest BCUT2D eigenvalue weighted by molar-refractivity contribution is 6.42. The highest BCUT2D eigenvalue weighted by atomic mass is 35.5. The Kier molecular flexibility index (Phi) is 5.15. The van der Waals surface area contributed by atoms with Gasteiger partial charge in [0.15, 0.2) is 0 Å². The second-order valence-electron chi connectivity index (χ2n) is 5.85. The Morgan fingerprint density at radius 1 is 1.07 bits per heavy atom. The number of H-pyrrole nitrogens is 1. The number of nitrogens with one attached hydrogen (secondary N) is 2. The summed E-state index contributed by atoms with van der Waals surface area (Å²) in [6.45, 7) is 0.502. The van der Waals surface area contributed by atoms with Crippen LogP contribution in [-0.4, -0.2) is 30.2 Å². The molecule has 0 bridgehead atoms. The Hall–Kier alpha value is -2.74. The molecule has 2 N–H and O–H groups in total. The van der Waals surface area contributed by atoms with Gasteiger partial charge in [0.1, 0.15) is 12.2 Å². The first-order chi connectivity index (χ1) is 13.2. The number of rotatable bonds is 6. The third-order valence-electron chi connectivity index (χ3n) is 4.04.